The largest absolute Gasteiger partial charge is 0.493 e. The maximum absolute atomic E-state index is 13.0. The molecule has 0 aliphatic heterocycles. The number of benzene rings is 1. The van der Waals surface area contributed by atoms with Gasteiger partial charge in [-0.25, -0.2) is 4.79 Å². The smallest absolute Gasteiger partial charge is 0.341 e. The average molecular weight is 394 g/mol. The van der Waals surface area contributed by atoms with Crippen molar-refractivity contribution < 1.29 is 23.8 Å². The van der Waals surface area contributed by atoms with E-state index in [0.717, 1.165) is 25.7 Å². The lowest BCUT2D eigenvalue weighted by molar-refractivity contribution is -0.140. The highest BCUT2D eigenvalue weighted by molar-refractivity contribution is 5.99. The number of hydrogen-bond acceptors (Lipinski definition) is 5. The van der Waals surface area contributed by atoms with Crippen LogP contribution >= 0.6 is 0 Å². The molecule has 0 bridgehead atoms. The molecule has 1 aromatic rings. The van der Waals surface area contributed by atoms with Crippen LogP contribution in [0.4, 0.5) is 5.69 Å². The molecule has 1 rings (SSSR count). The molecule has 158 valence electrons. The molecule has 6 heteroatoms. The molecule has 0 saturated carbocycles. The van der Waals surface area contributed by atoms with Crippen LogP contribution in [0, 0.1) is 0 Å². The molecule has 0 unspecified atom stereocenters. The fourth-order valence-electron chi connectivity index (χ4n) is 2.81. The van der Waals surface area contributed by atoms with Gasteiger partial charge >= 0.3 is 5.97 Å². The van der Waals surface area contributed by atoms with E-state index in [9.17, 15) is 9.59 Å². The molecule has 6 nitrogen and oxygen atoms in total. The van der Waals surface area contributed by atoms with Crippen LogP contribution in [0.15, 0.2) is 18.2 Å². The van der Waals surface area contributed by atoms with Crippen molar-refractivity contribution in [2.45, 2.75) is 72.3 Å². The van der Waals surface area contributed by atoms with Crippen LogP contribution in [-0.4, -0.2) is 37.3 Å². The molecule has 0 fully saturated rings. The minimum atomic E-state index is -0.909. The van der Waals surface area contributed by atoms with Gasteiger partial charge < -0.3 is 19.5 Å². The third kappa shape index (κ3) is 7.15. The van der Waals surface area contributed by atoms with Gasteiger partial charge in [0.2, 0.25) is 0 Å². The van der Waals surface area contributed by atoms with Crippen LogP contribution in [-0.2, 0) is 14.3 Å². The molecule has 1 aromatic carbocycles. The van der Waals surface area contributed by atoms with Gasteiger partial charge in [-0.05, 0) is 51.8 Å². The number of esters is 1. The molecule has 1 N–H and O–H groups in total. The van der Waals surface area contributed by atoms with Crippen molar-refractivity contribution in [2.24, 2.45) is 0 Å². The lowest BCUT2D eigenvalue weighted by atomic mass is 9.96. The number of anilines is 1. The number of nitrogens with one attached hydrogen (secondary N) is 1. The van der Waals surface area contributed by atoms with Crippen molar-refractivity contribution >= 4 is 17.6 Å². The number of rotatable bonds is 13. The van der Waals surface area contributed by atoms with Crippen molar-refractivity contribution in [3.8, 4) is 5.75 Å². The van der Waals surface area contributed by atoms with E-state index in [0.29, 0.717) is 36.6 Å². The second-order valence-electron chi connectivity index (χ2n) is 6.85. The summed E-state index contributed by atoms with van der Waals surface area (Å²) < 4.78 is 16.5. The highest BCUT2D eigenvalue weighted by Gasteiger charge is 2.33. The monoisotopic (exact) mass is 393 g/mol. The fraction of sp³-hybridized carbons (Fsp3) is 0.636. The molecule has 0 saturated heterocycles. The maximum Gasteiger partial charge on any atom is 0.341 e. The van der Waals surface area contributed by atoms with Crippen LogP contribution in [0.5, 0.6) is 5.75 Å². The minimum absolute atomic E-state index is 0.212. The molecule has 0 aromatic heterocycles. The van der Waals surface area contributed by atoms with Gasteiger partial charge in [0.15, 0.2) is 0 Å². The Balaban J connectivity index is 3.02. The minimum Gasteiger partial charge on any atom is -0.493 e. The highest BCUT2D eigenvalue weighted by atomic mass is 16.5. The zero-order valence-corrected chi connectivity index (χ0v) is 17.9. The molecular weight excluding hydrogens is 358 g/mol. The van der Waals surface area contributed by atoms with E-state index < -0.39 is 11.6 Å². The van der Waals surface area contributed by atoms with Gasteiger partial charge in [-0.2, -0.15) is 0 Å². The van der Waals surface area contributed by atoms with E-state index in [1.165, 1.54) is 0 Å². The number of ether oxygens (including phenoxy) is 3. The first-order valence-electron chi connectivity index (χ1n) is 10.3. The highest BCUT2D eigenvalue weighted by Crippen LogP contribution is 2.27. The van der Waals surface area contributed by atoms with Gasteiger partial charge in [0.25, 0.3) is 5.91 Å². The number of carbonyl (C=O) groups is 2. The molecule has 0 aliphatic rings. The number of carbonyl (C=O) groups excluding carboxylic acids is 2. The Hall–Kier alpha value is -2.08. The molecule has 0 radical (unpaired) electrons. The molecule has 1 amide bonds. The van der Waals surface area contributed by atoms with Gasteiger partial charge in [0, 0.05) is 12.3 Å². The Morgan fingerprint density at radius 2 is 1.79 bits per heavy atom. The summed E-state index contributed by atoms with van der Waals surface area (Å²) in [6.07, 6.45) is 4.53. The normalized spacial score (nSPS) is 12.9. The van der Waals surface area contributed by atoms with E-state index in [4.69, 9.17) is 14.2 Å². The first-order chi connectivity index (χ1) is 13.4. The summed E-state index contributed by atoms with van der Waals surface area (Å²) in [5, 5.41) is 2.90. The number of hydrogen-bond donors (Lipinski definition) is 1. The second-order valence-corrected chi connectivity index (χ2v) is 6.85. The van der Waals surface area contributed by atoms with Gasteiger partial charge in [0.1, 0.15) is 16.9 Å². The first-order valence-corrected chi connectivity index (χ1v) is 10.3. The van der Waals surface area contributed by atoms with Crippen molar-refractivity contribution in [3.05, 3.63) is 23.8 Å². The standard InChI is InChI=1S/C22H35NO5/c1-6-10-11-14-22(5,28-15-7-2)21(25)23-17-12-13-19(26-8-3)18(16-17)20(24)27-9-4/h12-13,16H,6-11,14-15H2,1-5H3,(H,23,25)/t22-/m0/s1. The summed E-state index contributed by atoms with van der Waals surface area (Å²) in [5.41, 5.74) is -0.101. The van der Waals surface area contributed by atoms with Crippen LogP contribution in [0.1, 0.15) is 77.1 Å². The SMILES string of the molecule is CCCCC[C@](C)(OCCC)C(=O)Nc1ccc(OCC)c(C(=O)OCC)c1. The summed E-state index contributed by atoms with van der Waals surface area (Å²) in [5.74, 6) is -0.252. The van der Waals surface area contributed by atoms with E-state index in [1.54, 1.807) is 25.1 Å². The van der Waals surface area contributed by atoms with Gasteiger partial charge in [-0.1, -0.05) is 33.1 Å². The number of amides is 1. The van der Waals surface area contributed by atoms with Crippen LogP contribution in [0.2, 0.25) is 0 Å². The summed E-state index contributed by atoms with van der Waals surface area (Å²) in [7, 11) is 0. The topological polar surface area (TPSA) is 73.9 Å². The predicted molar refractivity (Wildman–Crippen MR) is 111 cm³/mol. The predicted octanol–water partition coefficient (Wildman–Crippen LogP) is 4.97. The summed E-state index contributed by atoms with van der Waals surface area (Å²) in [4.78, 5) is 25.2. The molecule has 0 spiro atoms. The Morgan fingerprint density at radius 3 is 2.39 bits per heavy atom. The zero-order chi connectivity index (χ0) is 21.0. The second kappa shape index (κ2) is 12.4. The van der Waals surface area contributed by atoms with E-state index in [1.807, 2.05) is 20.8 Å². The van der Waals surface area contributed by atoms with Gasteiger partial charge in [-0.15, -0.1) is 0 Å². The molecule has 0 heterocycles. The quantitative estimate of drug-likeness (QED) is 0.378. The average Bonchev–Trinajstić information content (AvgIpc) is 2.68. The van der Waals surface area contributed by atoms with Crippen molar-refractivity contribution in [3.63, 3.8) is 0 Å². The zero-order valence-electron chi connectivity index (χ0n) is 17.9. The van der Waals surface area contributed by atoms with Crippen molar-refractivity contribution in [2.75, 3.05) is 25.1 Å². The lowest BCUT2D eigenvalue weighted by Gasteiger charge is -2.29. The maximum atomic E-state index is 13.0. The lowest BCUT2D eigenvalue weighted by Crippen LogP contribution is -2.43. The molecule has 1 atom stereocenters. The molecule has 0 aliphatic carbocycles. The summed E-state index contributed by atoms with van der Waals surface area (Å²) in [6.45, 7) is 10.8. The Kier molecular flexibility index (Phi) is 10.6. The summed E-state index contributed by atoms with van der Waals surface area (Å²) >= 11 is 0. The summed E-state index contributed by atoms with van der Waals surface area (Å²) in [6, 6.07) is 4.98. The van der Waals surface area contributed by atoms with Crippen LogP contribution in [0.3, 0.4) is 0 Å². The molecule has 28 heavy (non-hydrogen) atoms. The van der Waals surface area contributed by atoms with Crippen molar-refractivity contribution in [1.82, 2.24) is 0 Å². The Bertz CT molecular complexity index is 631. The van der Waals surface area contributed by atoms with E-state index in [2.05, 4.69) is 12.2 Å². The third-order valence-corrected chi connectivity index (χ3v) is 4.40. The third-order valence-electron chi connectivity index (χ3n) is 4.40. The Labute approximate surface area is 168 Å². The first kappa shape index (κ1) is 24.0. The Morgan fingerprint density at radius 1 is 1.04 bits per heavy atom. The van der Waals surface area contributed by atoms with E-state index >= 15 is 0 Å². The number of unbranched alkanes of at least 4 members (excludes halogenated alkanes) is 2. The van der Waals surface area contributed by atoms with E-state index in [-0.39, 0.29) is 12.5 Å². The fourth-order valence-corrected chi connectivity index (χ4v) is 2.81. The van der Waals surface area contributed by atoms with Gasteiger partial charge in [-0.3, -0.25) is 4.79 Å². The molecular formula is C22H35NO5. The van der Waals surface area contributed by atoms with Gasteiger partial charge in [0.05, 0.1) is 13.2 Å². The van der Waals surface area contributed by atoms with Crippen LogP contribution in [0.25, 0.3) is 0 Å². The van der Waals surface area contributed by atoms with Crippen LogP contribution < -0.4 is 10.1 Å². The van der Waals surface area contributed by atoms with Crippen molar-refractivity contribution in [1.29, 1.82) is 0 Å².